The van der Waals surface area contributed by atoms with E-state index in [1.54, 1.807) is 0 Å². The molecule has 0 bridgehead atoms. The fraction of sp³-hybridized carbons (Fsp3) is 0.500. The van der Waals surface area contributed by atoms with E-state index in [1.807, 2.05) is 6.07 Å². The Hall–Kier alpha value is -0.326. The van der Waals surface area contributed by atoms with E-state index < -0.39 is 16.5 Å². The summed E-state index contributed by atoms with van der Waals surface area (Å²) < 4.78 is 15.7. The van der Waals surface area contributed by atoms with Crippen LogP contribution >= 0.6 is 11.6 Å². The fourth-order valence-corrected chi connectivity index (χ4v) is 17.6. The molecule has 94 valence electrons. The molecule has 1 aromatic rings. The fourth-order valence-electron chi connectivity index (χ4n) is 2.97. The molecule has 1 nitrogen and oxygen atoms in total. The summed E-state index contributed by atoms with van der Waals surface area (Å²) in [6, 6.07) is 7.45. The van der Waals surface area contributed by atoms with Gasteiger partial charge < -0.3 is 4.23 Å². The van der Waals surface area contributed by atoms with Crippen molar-refractivity contribution in [2.24, 2.45) is 0 Å². The van der Waals surface area contributed by atoms with Crippen molar-refractivity contribution < 1.29 is 4.39 Å². The van der Waals surface area contributed by atoms with Crippen LogP contribution in [-0.4, -0.2) is 16.5 Å². The van der Waals surface area contributed by atoms with Crippen LogP contribution in [0.25, 0.3) is 0 Å². The number of anilines is 1. The van der Waals surface area contributed by atoms with Crippen molar-refractivity contribution in [3.05, 3.63) is 29.0 Å². The van der Waals surface area contributed by atoms with E-state index in [0.717, 1.165) is 5.69 Å². The molecule has 17 heavy (non-hydrogen) atoms. The van der Waals surface area contributed by atoms with Crippen molar-refractivity contribution in [1.82, 2.24) is 0 Å². The molecule has 2 rings (SSSR count). The summed E-state index contributed by atoms with van der Waals surface area (Å²) in [5.74, 6) is -0.253. The summed E-state index contributed by atoms with van der Waals surface area (Å²) >= 11 is 6.23. The predicted molar refractivity (Wildman–Crippen MR) is 78.5 cm³/mol. The first-order valence-corrected chi connectivity index (χ1v) is 12.7. The van der Waals surface area contributed by atoms with Crippen molar-refractivity contribution >= 4 is 33.8 Å². The van der Waals surface area contributed by atoms with Crippen LogP contribution in [-0.2, 0) is 0 Å². The minimum atomic E-state index is -1.41. The van der Waals surface area contributed by atoms with Crippen molar-refractivity contribution in [2.75, 3.05) is 4.23 Å². The van der Waals surface area contributed by atoms with E-state index in [9.17, 15) is 4.39 Å². The molecule has 0 spiro atoms. The lowest BCUT2D eigenvalue weighted by molar-refractivity contribution is 0.628. The molecule has 0 saturated carbocycles. The Morgan fingerprint density at radius 2 is 1.65 bits per heavy atom. The van der Waals surface area contributed by atoms with Crippen LogP contribution in [0.2, 0.25) is 43.3 Å². The van der Waals surface area contributed by atoms with Crippen LogP contribution in [0, 0.1) is 5.82 Å². The van der Waals surface area contributed by atoms with E-state index in [4.69, 9.17) is 11.6 Å². The highest BCUT2D eigenvalue weighted by atomic mass is 35.5. The Morgan fingerprint density at radius 1 is 1.12 bits per heavy atom. The predicted octanol–water partition coefficient (Wildman–Crippen LogP) is 4.71. The summed E-state index contributed by atoms with van der Waals surface area (Å²) in [5.41, 5.74) is 1.05. The number of hydrogen-bond donors (Lipinski definition) is 0. The standard InChI is InChI=1S/C12H19ClFNSi2/c1-16(2)7-8-17(3,4)15(16)12-6-5-10(14)9-11(12)13/h5-6,9H,7-8H2,1-4H3. The highest BCUT2D eigenvalue weighted by Crippen LogP contribution is 2.43. The average molecular weight is 288 g/mol. The number of nitrogens with zero attached hydrogens (tertiary/aromatic N) is 1. The second-order valence-electron chi connectivity index (χ2n) is 6.06. The maximum Gasteiger partial charge on any atom is 0.141 e. The maximum absolute atomic E-state index is 13.1. The molecule has 0 unspecified atom stereocenters. The number of rotatable bonds is 1. The Bertz CT molecular complexity index is 432. The van der Waals surface area contributed by atoms with Crippen LogP contribution in [0.1, 0.15) is 0 Å². The molecule has 0 atom stereocenters. The van der Waals surface area contributed by atoms with Crippen molar-refractivity contribution in [2.45, 2.75) is 38.3 Å². The monoisotopic (exact) mass is 287 g/mol. The van der Waals surface area contributed by atoms with Gasteiger partial charge in [-0.15, -0.1) is 0 Å². The first-order valence-electron chi connectivity index (χ1n) is 5.99. The first-order chi connectivity index (χ1) is 7.74. The molecule has 1 aromatic carbocycles. The van der Waals surface area contributed by atoms with E-state index in [-0.39, 0.29) is 5.82 Å². The van der Waals surface area contributed by atoms with E-state index in [0.29, 0.717) is 5.02 Å². The smallest absolute Gasteiger partial charge is 0.141 e. The molecule has 0 N–H and O–H groups in total. The Kier molecular flexibility index (Phi) is 3.17. The molecule has 0 amide bonds. The minimum Gasteiger partial charge on any atom is -0.423 e. The molecule has 1 saturated heterocycles. The summed E-state index contributed by atoms with van der Waals surface area (Å²) in [5, 5.41) is 0.563. The Morgan fingerprint density at radius 3 is 2.12 bits per heavy atom. The largest absolute Gasteiger partial charge is 0.423 e. The van der Waals surface area contributed by atoms with Crippen molar-refractivity contribution in [1.29, 1.82) is 0 Å². The van der Waals surface area contributed by atoms with Gasteiger partial charge in [0.2, 0.25) is 0 Å². The van der Waals surface area contributed by atoms with Crippen molar-refractivity contribution in [3.8, 4) is 0 Å². The molecule has 5 heteroatoms. The van der Waals surface area contributed by atoms with Gasteiger partial charge in [-0.1, -0.05) is 37.8 Å². The van der Waals surface area contributed by atoms with E-state index in [1.165, 1.54) is 24.2 Å². The van der Waals surface area contributed by atoms with Gasteiger partial charge in [0.05, 0.1) is 5.02 Å². The quantitative estimate of drug-likeness (QED) is 0.676. The van der Waals surface area contributed by atoms with Gasteiger partial charge >= 0.3 is 0 Å². The van der Waals surface area contributed by atoms with Gasteiger partial charge in [-0.25, -0.2) is 4.39 Å². The second-order valence-corrected chi connectivity index (χ2v) is 16.1. The van der Waals surface area contributed by atoms with E-state index >= 15 is 0 Å². The van der Waals surface area contributed by atoms with Gasteiger partial charge in [0, 0.05) is 5.69 Å². The molecule has 1 fully saturated rings. The van der Waals surface area contributed by atoms with Gasteiger partial charge in [0.25, 0.3) is 0 Å². The topological polar surface area (TPSA) is 3.24 Å². The van der Waals surface area contributed by atoms with Crippen LogP contribution in [0.3, 0.4) is 0 Å². The van der Waals surface area contributed by atoms with Gasteiger partial charge in [0.15, 0.2) is 0 Å². The number of benzene rings is 1. The molecular formula is C12H19ClFNSi2. The average Bonchev–Trinajstić information content (AvgIpc) is 2.39. The van der Waals surface area contributed by atoms with Gasteiger partial charge in [-0.3, -0.25) is 0 Å². The van der Waals surface area contributed by atoms with Crippen LogP contribution < -0.4 is 4.23 Å². The normalized spacial score (nSPS) is 21.9. The summed E-state index contributed by atoms with van der Waals surface area (Å²) in [6.45, 7) is 9.53. The molecule has 0 radical (unpaired) electrons. The van der Waals surface area contributed by atoms with Crippen LogP contribution in [0.4, 0.5) is 10.1 Å². The lowest BCUT2D eigenvalue weighted by atomic mass is 10.3. The van der Waals surface area contributed by atoms with Gasteiger partial charge in [0.1, 0.15) is 22.3 Å². The summed E-state index contributed by atoms with van der Waals surface area (Å²) in [4.78, 5) is 0. The third kappa shape index (κ3) is 2.30. The van der Waals surface area contributed by atoms with Gasteiger partial charge in [-0.2, -0.15) is 0 Å². The molecular weight excluding hydrogens is 269 g/mol. The maximum atomic E-state index is 13.1. The van der Waals surface area contributed by atoms with Crippen molar-refractivity contribution in [3.63, 3.8) is 0 Å². The zero-order valence-corrected chi connectivity index (χ0v) is 13.6. The highest BCUT2D eigenvalue weighted by Gasteiger charge is 2.47. The zero-order chi connectivity index (χ0) is 12.8. The SMILES string of the molecule is C[Si]1(C)CC[Si](C)(C)N1c1ccc(F)cc1Cl. The summed E-state index contributed by atoms with van der Waals surface area (Å²) in [6.07, 6.45) is 0. The van der Waals surface area contributed by atoms with Gasteiger partial charge in [-0.05, 0) is 30.3 Å². The number of halogens is 2. The van der Waals surface area contributed by atoms with Crippen LogP contribution in [0.15, 0.2) is 18.2 Å². The lowest BCUT2D eigenvalue weighted by Gasteiger charge is -2.41. The zero-order valence-electron chi connectivity index (χ0n) is 10.8. The molecule has 1 aliphatic rings. The second kappa shape index (κ2) is 4.10. The Balaban J connectivity index is 2.50. The number of hydrogen-bond acceptors (Lipinski definition) is 1. The van der Waals surface area contributed by atoms with Crippen LogP contribution in [0.5, 0.6) is 0 Å². The molecule has 1 aliphatic heterocycles. The first kappa shape index (κ1) is 13.1. The minimum absolute atomic E-state index is 0.253. The van der Waals surface area contributed by atoms with E-state index in [2.05, 4.69) is 30.4 Å². The third-order valence-electron chi connectivity index (χ3n) is 3.71. The molecule has 1 heterocycles. The Labute approximate surface area is 110 Å². The lowest BCUT2D eigenvalue weighted by Crippen LogP contribution is -2.55. The molecule has 0 aliphatic carbocycles. The molecule has 0 aromatic heterocycles. The highest BCUT2D eigenvalue weighted by molar-refractivity contribution is 7.04. The summed E-state index contributed by atoms with van der Waals surface area (Å²) in [7, 11) is -2.81. The third-order valence-corrected chi connectivity index (χ3v) is 14.0.